The Morgan fingerprint density at radius 3 is 1.37 bits per heavy atom. The van der Waals surface area contributed by atoms with Crippen molar-refractivity contribution in [3.8, 4) is 11.5 Å². The molecular formula is C24H28O2P-. The molecule has 0 fully saturated rings. The molecule has 0 N–H and O–H groups in total. The lowest BCUT2D eigenvalue weighted by Gasteiger charge is -2.26. The van der Waals surface area contributed by atoms with E-state index >= 15 is 0 Å². The van der Waals surface area contributed by atoms with Gasteiger partial charge in [0.15, 0.2) is 0 Å². The van der Waals surface area contributed by atoms with E-state index in [-0.39, 0.29) is 0 Å². The van der Waals surface area contributed by atoms with Crippen LogP contribution in [0, 0.1) is 34.6 Å². The average molecular weight is 379 g/mol. The Bertz CT molecular complexity index is 863. The predicted molar refractivity (Wildman–Crippen MR) is 118 cm³/mol. The Balaban J connectivity index is 2.25. The Kier molecular flexibility index (Phi) is 5.67. The maximum atomic E-state index is 5.59. The number of ether oxygens (including phenoxy) is 2. The summed E-state index contributed by atoms with van der Waals surface area (Å²) >= 11 is 0. The van der Waals surface area contributed by atoms with Crippen molar-refractivity contribution in [1.29, 1.82) is 0 Å². The summed E-state index contributed by atoms with van der Waals surface area (Å²) in [5.41, 5.74) is 6.09. The third kappa shape index (κ3) is 3.64. The predicted octanol–water partition coefficient (Wildman–Crippen LogP) is 4.72. The normalized spacial score (nSPS) is 11.1. The number of aryl methyl sites for hydroxylation is 5. The Morgan fingerprint density at radius 1 is 0.667 bits per heavy atom. The quantitative estimate of drug-likeness (QED) is 0.472. The van der Waals surface area contributed by atoms with E-state index in [0.29, 0.717) is 0 Å². The van der Waals surface area contributed by atoms with E-state index in [0.717, 1.165) is 11.5 Å². The summed E-state index contributed by atoms with van der Waals surface area (Å²) in [7, 11) is 2.85. The average Bonchev–Trinajstić information content (AvgIpc) is 3.00. The van der Waals surface area contributed by atoms with Crippen molar-refractivity contribution in [2.24, 2.45) is 0 Å². The highest BCUT2D eigenvalue weighted by Gasteiger charge is 2.19. The van der Waals surface area contributed by atoms with Crippen molar-refractivity contribution in [3.05, 3.63) is 70.3 Å². The summed E-state index contributed by atoms with van der Waals surface area (Å²) in [4.78, 5) is 0. The van der Waals surface area contributed by atoms with Crippen LogP contribution < -0.4 is 25.4 Å². The summed E-state index contributed by atoms with van der Waals surface area (Å²) in [6.45, 7) is 10.7. The van der Waals surface area contributed by atoms with Gasteiger partial charge in [0.05, 0.1) is 14.2 Å². The van der Waals surface area contributed by atoms with E-state index < -0.39 is 7.92 Å². The molecule has 2 nitrogen and oxygen atoms in total. The van der Waals surface area contributed by atoms with Crippen LogP contribution in [0.15, 0.2) is 42.5 Å². The van der Waals surface area contributed by atoms with Crippen LogP contribution >= 0.6 is 7.92 Å². The van der Waals surface area contributed by atoms with Crippen LogP contribution in [0.2, 0.25) is 0 Å². The third-order valence-corrected chi connectivity index (χ3v) is 7.59. The lowest BCUT2D eigenvalue weighted by Crippen LogP contribution is -2.22. The first-order valence-electron chi connectivity index (χ1n) is 9.20. The van der Waals surface area contributed by atoms with Gasteiger partial charge in [0.2, 0.25) is 0 Å². The molecule has 0 heterocycles. The second-order valence-electron chi connectivity index (χ2n) is 7.16. The summed E-state index contributed by atoms with van der Waals surface area (Å²) < 4.78 is 11.2. The molecule has 0 aliphatic carbocycles. The monoisotopic (exact) mass is 379 g/mol. The largest absolute Gasteiger partial charge is 0.496 e. The molecule has 0 spiro atoms. The zero-order valence-electron chi connectivity index (χ0n) is 17.3. The van der Waals surface area contributed by atoms with E-state index in [1.807, 2.05) is 0 Å². The summed E-state index contributed by atoms with van der Waals surface area (Å²) in [5.74, 6) is 1.96. The molecule has 3 rings (SSSR count). The molecule has 0 saturated carbocycles. The molecule has 3 heteroatoms. The van der Waals surface area contributed by atoms with Gasteiger partial charge in [-0.15, -0.1) is 5.30 Å². The molecule has 0 radical (unpaired) electrons. The van der Waals surface area contributed by atoms with Crippen molar-refractivity contribution >= 4 is 23.8 Å². The molecule has 0 unspecified atom stereocenters. The molecule has 3 aromatic carbocycles. The van der Waals surface area contributed by atoms with Crippen molar-refractivity contribution in [2.75, 3.05) is 14.2 Å². The van der Waals surface area contributed by atoms with Gasteiger partial charge in [-0.05, 0) is 92.7 Å². The summed E-state index contributed by atoms with van der Waals surface area (Å²) in [6, 6.07) is 15.8. The SMILES string of the molecule is COc1c(C)cc(P(c2cc(C)c(OC)c(C)c2)c2[cH-]ccc2C)cc1C. The molecule has 0 amide bonds. The van der Waals surface area contributed by atoms with Crippen molar-refractivity contribution in [3.63, 3.8) is 0 Å². The van der Waals surface area contributed by atoms with Gasteiger partial charge in [-0.2, -0.15) is 17.7 Å². The molecular weight excluding hydrogens is 351 g/mol. The smallest absolute Gasteiger partial charge is 0.124 e. The summed E-state index contributed by atoms with van der Waals surface area (Å²) in [6.07, 6.45) is 0. The van der Waals surface area contributed by atoms with Crippen molar-refractivity contribution < 1.29 is 9.47 Å². The zero-order chi connectivity index (χ0) is 19.7. The minimum absolute atomic E-state index is 0.640. The maximum absolute atomic E-state index is 5.59. The maximum Gasteiger partial charge on any atom is 0.124 e. The van der Waals surface area contributed by atoms with Gasteiger partial charge in [0, 0.05) is 0 Å². The molecule has 0 atom stereocenters. The molecule has 27 heavy (non-hydrogen) atoms. The van der Waals surface area contributed by atoms with Gasteiger partial charge in [-0.25, -0.2) is 6.07 Å². The van der Waals surface area contributed by atoms with Crippen LogP contribution in [0.25, 0.3) is 0 Å². The zero-order valence-corrected chi connectivity index (χ0v) is 18.2. The number of methoxy groups -OCH3 is 2. The fraction of sp³-hybridized carbons (Fsp3) is 0.292. The van der Waals surface area contributed by atoms with Crippen LogP contribution in [0.5, 0.6) is 11.5 Å². The minimum atomic E-state index is -0.640. The second-order valence-corrected chi connectivity index (χ2v) is 9.34. The Morgan fingerprint density at radius 2 is 1.07 bits per heavy atom. The van der Waals surface area contributed by atoms with Gasteiger partial charge in [0.1, 0.15) is 11.5 Å². The summed E-state index contributed by atoms with van der Waals surface area (Å²) in [5, 5.41) is 4.14. The number of hydrogen-bond acceptors (Lipinski definition) is 2. The molecule has 0 saturated heterocycles. The first-order chi connectivity index (χ1) is 12.9. The van der Waals surface area contributed by atoms with Crippen LogP contribution in [0.3, 0.4) is 0 Å². The van der Waals surface area contributed by atoms with Gasteiger partial charge in [-0.1, -0.05) is 6.92 Å². The molecule has 0 aliphatic rings. The lowest BCUT2D eigenvalue weighted by atomic mass is 10.1. The molecule has 0 aliphatic heterocycles. The first-order valence-corrected chi connectivity index (χ1v) is 10.5. The van der Waals surface area contributed by atoms with E-state index in [1.54, 1.807) is 14.2 Å². The molecule has 0 bridgehead atoms. The highest BCUT2D eigenvalue weighted by atomic mass is 31.1. The van der Waals surface area contributed by atoms with Crippen molar-refractivity contribution in [2.45, 2.75) is 34.6 Å². The van der Waals surface area contributed by atoms with Gasteiger partial charge in [0.25, 0.3) is 0 Å². The van der Waals surface area contributed by atoms with Crippen LogP contribution in [0.4, 0.5) is 0 Å². The van der Waals surface area contributed by atoms with E-state index in [2.05, 4.69) is 77.1 Å². The van der Waals surface area contributed by atoms with Crippen LogP contribution in [-0.2, 0) is 0 Å². The van der Waals surface area contributed by atoms with Gasteiger partial charge < -0.3 is 9.47 Å². The molecule has 142 valence electrons. The standard InChI is InChI=1S/C24H28O2P/c1-15-9-8-10-22(15)27(20-11-16(2)23(25-6)17(3)12-20)21-13-18(4)24(26-7)19(5)14-21/h8-14H,1-7H3/q-1. The highest BCUT2D eigenvalue weighted by molar-refractivity contribution is 7.80. The van der Waals surface area contributed by atoms with E-state index in [1.165, 1.54) is 43.7 Å². The van der Waals surface area contributed by atoms with E-state index in [4.69, 9.17) is 9.47 Å². The first kappa shape index (κ1) is 19.6. The second kappa shape index (κ2) is 7.82. The number of rotatable bonds is 5. The fourth-order valence-electron chi connectivity index (χ4n) is 3.94. The Hall–Kier alpha value is -2.18. The lowest BCUT2D eigenvalue weighted by molar-refractivity contribution is 0.408. The molecule has 3 aromatic rings. The highest BCUT2D eigenvalue weighted by Crippen LogP contribution is 2.38. The number of benzene rings is 2. The fourth-order valence-corrected chi connectivity index (χ4v) is 6.74. The number of hydrogen-bond donors (Lipinski definition) is 0. The van der Waals surface area contributed by atoms with Crippen LogP contribution in [-0.4, -0.2) is 14.2 Å². The topological polar surface area (TPSA) is 18.5 Å². The van der Waals surface area contributed by atoms with Gasteiger partial charge in [-0.3, -0.25) is 0 Å². The van der Waals surface area contributed by atoms with E-state index in [9.17, 15) is 0 Å². The Labute approximate surface area is 164 Å². The van der Waals surface area contributed by atoms with Gasteiger partial charge >= 0.3 is 0 Å². The van der Waals surface area contributed by atoms with Crippen molar-refractivity contribution in [1.82, 2.24) is 0 Å². The molecule has 0 aromatic heterocycles. The third-order valence-electron chi connectivity index (χ3n) is 5.06. The van der Waals surface area contributed by atoms with Crippen LogP contribution in [0.1, 0.15) is 27.8 Å². The minimum Gasteiger partial charge on any atom is -0.496 e.